The maximum Gasteiger partial charge on any atom is 0.191 e. The van der Waals surface area contributed by atoms with Crippen LogP contribution in [0.15, 0.2) is 41.5 Å². The van der Waals surface area contributed by atoms with Crippen molar-refractivity contribution in [2.75, 3.05) is 20.2 Å². The summed E-state index contributed by atoms with van der Waals surface area (Å²) in [6.45, 7) is 8.73. The van der Waals surface area contributed by atoms with Gasteiger partial charge in [0.2, 0.25) is 0 Å². The summed E-state index contributed by atoms with van der Waals surface area (Å²) in [5, 5.41) is 7.93. The zero-order valence-corrected chi connectivity index (χ0v) is 18.5. The van der Waals surface area contributed by atoms with Crippen molar-refractivity contribution in [2.24, 2.45) is 10.9 Å². The molecule has 1 unspecified atom stereocenters. The predicted molar refractivity (Wildman–Crippen MR) is 120 cm³/mol. The molecule has 0 aliphatic heterocycles. The maximum absolute atomic E-state index is 5.79. The van der Waals surface area contributed by atoms with Gasteiger partial charge in [-0.25, -0.2) is 0 Å². The second-order valence-corrected chi connectivity index (χ2v) is 6.37. The van der Waals surface area contributed by atoms with E-state index in [1.807, 2.05) is 37.4 Å². The summed E-state index contributed by atoms with van der Waals surface area (Å²) in [7, 11) is 1.79. The van der Waals surface area contributed by atoms with E-state index in [1.54, 1.807) is 7.05 Å². The van der Waals surface area contributed by atoms with Crippen molar-refractivity contribution in [3.8, 4) is 0 Å². The highest BCUT2D eigenvalue weighted by atomic mass is 127. The summed E-state index contributed by atoms with van der Waals surface area (Å²) in [5.74, 6) is 1.32. The van der Waals surface area contributed by atoms with Crippen LogP contribution in [0.1, 0.15) is 32.8 Å². The Morgan fingerprint density at radius 1 is 1.19 bits per heavy atom. The fraction of sp³-hybridized carbons (Fsp3) is 0.500. The van der Waals surface area contributed by atoms with E-state index in [4.69, 9.17) is 4.74 Å². The van der Waals surface area contributed by atoms with Gasteiger partial charge in [0.25, 0.3) is 0 Å². The van der Waals surface area contributed by atoms with Crippen molar-refractivity contribution in [3.63, 3.8) is 0 Å². The molecule has 2 N–H and O–H groups in total. The molecule has 0 aliphatic rings. The fourth-order valence-electron chi connectivity index (χ4n) is 2.86. The zero-order valence-electron chi connectivity index (χ0n) is 16.2. The summed E-state index contributed by atoms with van der Waals surface area (Å²) < 4.78 is 5.79. The minimum Gasteiger partial charge on any atom is -0.378 e. The second-order valence-electron chi connectivity index (χ2n) is 6.37. The molecule has 0 saturated heterocycles. The van der Waals surface area contributed by atoms with E-state index in [0.717, 1.165) is 31.0 Å². The molecule has 1 heterocycles. The Hall–Kier alpha value is -1.41. The van der Waals surface area contributed by atoms with Crippen molar-refractivity contribution in [3.05, 3.63) is 42.1 Å². The lowest BCUT2D eigenvalue weighted by molar-refractivity contribution is 0.0258. The first-order valence-electron chi connectivity index (χ1n) is 9.04. The van der Waals surface area contributed by atoms with Gasteiger partial charge in [0, 0.05) is 38.3 Å². The normalized spacial score (nSPS) is 12.7. The van der Waals surface area contributed by atoms with E-state index in [2.05, 4.69) is 40.5 Å². The summed E-state index contributed by atoms with van der Waals surface area (Å²) in [4.78, 5) is 8.71. The van der Waals surface area contributed by atoms with Crippen molar-refractivity contribution in [2.45, 2.75) is 39.8 Å². The molecular weight excluding hydrogens is 439 g/mol. The molecule has 0 saturated carbocycles. The summed E-state index contributed by atoms with van der Waals surface area (Å²) in [6.07, 6.45) is 3.09. The molecule has 0 radical (unpaired) electrons. The number of fused-ring (bicyclic) bond motifs is 1. The lowest BCUT2D eigenvalue weighted by atomic mass is 10.0. The molecule has 1 aromatic carbocycles. The van der Waals surface area contributed by atoms with Crippen molar-refractivity contribution < 1.29 is 4.74 Å². The molecule has 26 heavy (non-hydrogen) atoms. The Morgan fingerprint density at radius 2 is 1.96 bits per heavy atom. The van der Waals surface area contributed by atoms with E-state index in [9.17, 15) is 0 Å². The second kappa shape index (κ2) is 12.1. The Morgan fingerprint density at radius 3 is 2.65 bits per heavy atom. The number of aromatic nitrogens is 1. The van der Waals surface area contributed by atoms with E-state index in [0.29, 0.717) is 12.5 Å². The third-order valence-corrected chi connectivity index (χ3v) is 4.25. The number of ether oxygens (including phenoxy) is 1. The van der Waals surface area contributed by atoms with E-state index in [-0.39, 0.29) is 30.1 Å². The Labute approximate surface area is 174 Å². The minimum absolute atomic E-state index is 0. The Kier molecular flexibility index (Phi) is 10.5. The largest absolute Gasteiger partial charge is 0.378 e. The average Bonchev–Trinajstić information content (AvgIpc) is 2.63. The maximum atomic E-state index is 5.79. The van der Waals surface area contributed by atoms with Crippen LogP contribution in [0.2, 0.25) is 0 Å². The Bertz CT molecular complexity index is 685. The fourth-order valence-corrected chi connectivity index (χ4v) is 2.86. The monoisotopic (exact) mass is 470 g/mol. The molecule has 0 amide bonds. The van der Waals surface area contributed by atoms with E-state index in [1.165, 1.54) is 10.9 Å². The number of benzene rings is 1. The van der Waals surface area contributed by atoms with Crippen molar-refractivity contribution in [1.82, 2.24) is 15.6 Å². The number of rotatable bonds is 8. The SMILES string of the molecule is CCOC(CCNC(=NC)NCc1ccnc2ccccc12)C(C)C.I. The van der Waals surface area contributed by atoms with Crippen LogP contribution in [0.25, 0.3) is 10.9 Å². The van der Waals surface area contributed by atoms with Crippen LogP contribution in [0.3, 0.4) is 0 Å². The number of hydrogen-bond donors (Lipinski definition) is 2. The molecule has 0 spiro atoms. The van der Waals surface area contributed by atoms with Gasteiger partial charge in [-0.15, -0.1) is 24.0 Å². The zero-order chi connectivity index (χ0) is 18.1. The number of nitrogens with zero attached hydrogens (tertiary/aromatic N) is 2. The van der Waals surface area contributed by atoms with Gasteiger partial charge in [-0.3, -0.25) is 9.98 Å². The van der Waals surface area contributed by atoms with Gasteiger partial charge in [-0.1, -0.05) is 32.0 Å². The van der Waals surface area contributed by atoms with Crippen molar-refractivity contribution >= 4 is 40.8 Å². The topological polar surface area (TPSA) is 58.5 Å². The van der Waals surface area contributed by atoms with Crippen LogP contribution in [0.5, 0.6) is 0 Å². The molecule has 0 fully saturated rings. The lowest BCUT2D eigenvalue weighted by Gasteiger charge is -2.21. The van der Waals surface area contributed by atoms with E-state index >= 15 is 0 Å². The molecule has 0 aliphatic carbocycles. The highest BCUT2D eigenvalue weighted by Gasteiger charge is 2.13. The molecule has 5 nitrogen and oxygen atoms in total. The van der Waals surface area contributed by atoms with Crippen LogP contribution >= 0.6 is 24.0 Å². The van der Waals surface area contributed by atoms with Gasteiger partial charge in [-0.05, 0) is 37.0 Å². The van der Waals surface area contributed by atoms with Gasteiger partial charge >= 0.3 is 0 Å². The van der Waals surface area contributed by atoms with Crippen LogP contribution in [-0.4, -0.2) is 37.2 Å². The number of para-hydroxylation sites is 1. The van der Waals surface area contributed by atoms with E-state index < -0.39 is 0 Å². The molecular formula is C20H31IN4O. The average molecular weight is 470 g/mol. The summed E-state index contributed by atoms with van der Waals surface area (Å²) in [6, 6.07) is 10.2. The highest BCUT2D eigenvalue weighted by molar-refractivity contribution is 14.0. The van der Waals surface area contributed by atoms with Gasteiger partial charge in [0.05, 0.1) is 11.6 Å². The third kappa shape index (κ3) is 6.72. The molecule has 0 bridgehead atoms. The lowest BCUT2D eigenvalue weighted by Crippen LogP contribution is -2.39. The minimum atomic E-state index is 0. The van der Waals surface area contributed by atoms with Crippen LogP contribution in [0, 0.1) is 5.92 Å². The van der Waals surface area contributed by atoms with Crippen molar-refractivity contribution in [1.29, 1.82) is 0 Å². The first-order valence-corrected chi connectivity index (χ1v) is 9.04. The third-order valence-electron chi connectivity index (χ3n) is 4.25. The standard InChI is InChI=1S/C20H30N4O.HI/c1-5-25-19(15(2)3)11-13-23-20(21-4)24-14-16-10-12-22-18-9-7-6-8-17(16)18;/h6-10,12,15,19H,5,11,13-14H2,1-4H3,(H2,21,23,24);1H. The summed E-state index contributed by atoms with van der Waals surface area (Å²) in [5.41, 5.74) is 2.23. The predicted octanol–water partition coefficient (Wildman–Crippen LogP) is 3.97. The van der Waals surface area contributed by atoms with Gasteiger partial charge in [0.1, 0.15) is 0 Å². The molecule has 2 aromatic rings. The summed E-state index contributed by atoms with van der Waals surface area (Å²) >= 11 is 0. The molecule has 2 rings (SSSR count). The number of halogens is 1. The van der Waals surface area contributed by atoms with Crippen LogP contribution in [-0.2, 0) is 11.3 Å². The molecule has 1 aromatic heterocycles. The van der Waals surface area contributed by atoms with Gasteiger partial charge in [-0.2, -0.15) is 0 Å². The van der Waals surface area contributed by atoms with Crippen LogP contribution < -0.4 is 10.6 Å². The highest BCUT2D eigenvalue weighted by Crippen LogP contribution is 2.15. The molecule has 1 atom stereocenters. The number of hydrogen-bond acceptors (Lipinski definition) is 3. The quantitative estimate of drug-likeness (QED) is 0.348. The number of nitrogens with one attached hydrogen (secondary N) is 2. The first-order chi connectivity index (χ1) is 12.2. The van der Waals surface area contributed by atoms with Gasteiger partial charge < -0.3 is 15.4 Å². The molecule has 6 heteroatoms. The smallest absolute Gasteiger partial charge is 0.191 e. The molecule has 144 valence electrons. The number of aliphatic imine (C=N–C) groups is 1. The first kappa shape index (κ1) is 22.6. The number of pyridine rings is 1. The Balaban J connectivity index is 0.00000338. The number of guanidine groups is 1. The van der Waals surface area contributed by atoms with Gasteiger partial charge in [0.15, 0.2) is 5.96 Å². The van der Waals surface area contributed by atoms with Crippen LogP contribution in [0.4, 0.5) is 0 Å².